The van der Waals surface area contributed by atoms with Gasteiger partial charge < -0.3 is 15.2 Å². The number of hydrogen-bond acceptors (Lipinski definition) is 3. The van der Waals surface area contributed by atoms with Crippen LogP contribution in [0.3, 0.4) is 0 Å². The van der Waals surface area contributed by atoms with Gasteiger partial charge in [-0.3, -0.25) is 0 Å². The molecule has 1 fully saturated rings. The molecule has 0 aromatic heterocycles. The molecule has 0 amide bonds. The maximum absolute atomic E-state index is 12.8. The van der Waals surface area contributed by atoms with Crippen LogP contribution in [0.1, 0.15) is 30.9 Å². The Bertz CT molecular complexity index is 677. The van der Waals surface area contributed by atoms with Crippen LogP contribution < -0.4 is 5.32 Å². The number of ether oxygens (including phenoxy) is 1. The van der Waals surface area contributed by atoms with Crippen LogP contribution in [0.5, 0.6) is 0 Å². The van der Waals surface area contributed by atoms with Crippen molar-refractivity contribution in [1.29, 1.82) is 0 Å². The Morgan fingerprint density at radius 2 is 1.58 bits per heavy atom. The average molecular weight is 326 g/mol. The largest absolute Gasteiger partial charge is 0.451 e. The smallest absolute Gasteiger partial charge is 0.343 e. The summed E-state index contributed by atoms with van der Waals surface area (Å²) in [5, 5.41) is 13.0. The van der Waals surface area contributed by atoms with E-state index in [1.54, 1.807) is 24.3 Å². The number of carbonyl (C=O) groups excluding carboxylic acids is 1. The normalized spacial score (nSPS) is 19.2. The first-order chi connectivity index (χ1) is 11.5. The lowest BCUT2D eigenvalue weighted by Crippen LogP contribution is -2.87. The fourth-order valence-corrected chi connectivity index (χ4v) is 3.29. The first kappa shape index (κ1) is 16.7. The lowest BCUT2D eigenvalue weighted by atomic mass is 9.84. The molecule has 1 heterocycles. The summed E-state index contributed by atoms with van der Waals surface area (Å²) in [5.41, 5.74) is -0.785. The molecule has 1 aliphatic heterocycles. The van der Waals surface area contributed by atoms with Gasteiger partial charge in [0.05, 0.1) is 13.1 Å². The molecule has 24 heavy (non-hydrogen) atoms. The van der Waals surface area contributed by atoms with E-state index in [0.29, 0.717) is 5.56 Å². The van der Waals surface area contributed by atoms with Gasteiger partial charge in [0.1, 0.15) is 5.60 Å². The molecule has 0 radical (unpaired) electrons. The van der Waals surface area contributed by atoms with E-state index in [1.165, 1.54) is 6.92 Å². The number of carbonyl (C=O) groups is 1. The highest BCUT2D eigenvalue weighted by atomic mass is 16.6. The van der Waals surface area contributed by atoms with Crippen molar-refractivity contribution in [2.75, 3.05) is 13.1 Å². The SMILES string of the molecule is CC(O)(C(=O)OC1(c2ccccc2)CC[NH2+]CC1)c1ccccc1. The predicted molar refractivity (Wildman–Crippen MR) is 91.1 cm³/mol. The van der Waals surface area contributed by atoms with Gasteiger partial charge in [-0.05, 0) is 18.1 Å². The monoisotopic (exact) mass is 326 g/mol. The van der Waals surface area contributed by atoms with Gasteiger partial charge in [-0.15, -0.1) is 0 Å². The molecule has 3 rings (SSSR count). The Hall–Kier alpha value is -2.17. The second-order valence-corrected chi connectivity index (χ2v) is 6.55. The Kier molecular flexibility index (Phi) is 4.69. The van der Waals surface area contributed by atoms with E-state index in [1.807, 2.05) is 36.4 Å². The molecular weight excluding hydrogens is 302 g/mol. The van der Waals surface area contributed by atoms with Crippen molar-refractivity contribution < 1.29 is 20.0 Å². The summed E-state index contributed by atoms with van der Waals surface area (Å²) in [6.45, 7) is 3.30. The van der Waals surface area contributed by atoms with Crippen LogP contribution in [0.4, 0.5) is 0 Å². The van der Waals surface area contributed by atoms with Gasteiger partial charge in [0.2, 0.25) is 0 Å². The highest BCUT2D eigenvalue weighted by molar-refractivity contribution is 5.81. The molecule has 1 saturated heterocycles. The van der Waals surface area contributed by atoms with E-state index in [9.17, 15) is 9.90 Å². The topological polar surface area (TPSA) is 63.1 Å². The Morgan fingerprint density at radius 3 is 2.17 bits per heavy atom. The molecule has 2 aromatic carbocycles. The number of nitrogens with two attached hydrogens (primary N) is 1. The number of piperidine rings is 1. The van der Waals surface area contributed by atoms with E-state index in [0.717, 1.165) is 31.5 Å². The molecule has 3 N–H and O–H groups in total. The first-order valence-electron chi connectivity index (χ1n) is 8.43. The van der Waals surface area contributed by atoms with E-state index in [-0.39, 0.29) is 0 Å². The molecule has 1 unspecified atom stereocenters. The van der Waals surface area contributed by atoms with Crippen LogP contribution in [0, 0.1) is 0 Å². The molecule has 4 heteroatoms. The molecule has 0 spiro atoms. The summed E-state index contributed by atoms with van der Waals surface area (Å²) >= 11 is 0. The fourth-order valence-electron chi connectivity index (χ4n) is 3.29. The number of benzene rings is 2. The summed E-state index contributed by atoms with van der Waals surface area (Å²) in [6, 6.07) is 18.8. The quantitative estimate of drug-likeness (QED) is 0.841. The van der Waals surface area contributed by atoms with Crippen LogP contribution in [0.2, 0.25) is 0 Å². The summed E-state index contributed by atoms with van der Waals surface area (Å²) in [6.07, 6.45) is 1.49. The third kappa shape index (κ3) is 3.21. The molecule has 4 nitrogen and oxygen atoms in total. The molecule has 0 saturated carbocycles. The minimum absolute atomic E-state index is 0.542. The average Bonchev–Trinajstić information content (AvgIpc) is 2.64. The highest BCUT2D eigenvalue weighted by Gasteiger charge is 2.44. The van der Waals surface area contributed by atoms with Crippen molar-refractivity contribution in [3.63, 3.8) is 0 Å². The fraction of sp³-hybridized carbons (Fsp3) is 0.350. The van der Waals surface area contributed by atoms with Crippen LogP contribution in [0.15, 0.2) is 60.7 Å². The van der Waals surface area contributed by atoms with Crippen molar-refractivity contribution in [2.45, 2.75) is 31.0 Å². The summed E-state index contributed by atoms with van der Waals surface area (Å²) in [4.78, 5) is 12.8. The molecular formula is C20H24NO3+. The molecule has 126 valence electrons. The van der Waals surface area contributed by atoms with E-state index in [4.69, 9.17) is 4.74 Å². The minimum Gasteiger partial charge on any atom is -0.451 e. The van der Waals surface area contributed by atoms with Crippen molar-refractivity contribution in [2.24, 2.45) is 0 Å². The molecule has 0 bridgehead atoms. The van der Waals surface area contributed by atoms with Gasteiger partial charge in [-0.1, -0.05) is 60.7 Å². The summed E-state index contributed by atoms with van der Waals surface area (Å²) < 4.78 is 5.98. The number of esters is 1. The number of aliphatic hydroxyl groups is 1. The molecule has 1 atom stereocenters. The minimum atomic E-state index is -1.66. The second kappa shape index (κ2) is 6.75. The van der Waals surface area contributed by atoms with Gasteiger partial charge in [0.15, 0.2) is 5.60 Å². The zero-order valence-electron chi connectivity index (χ0n) is 13.9. The van der Waals surface area contributed by atoms with E-state index in [2.05, 4.69) is 5.32 Å². The number of hydrogen-bond donors (Lipinski definition) is 2. The Morgan fingerprint density at radius 1 is 1.04 bits per heavy atom. The van der Waals surface area contributed by atoms with Crippen molar-refractivity contribution in [3.8, 4) is 0 Å². The van der Waals surface area contributed by atoms with Crippen LogP contribution in [-0.4, -0.2) is 24.2 Å². The number of quaternary nitrogens is 1. The highest BCUT2D eigenvalue weighted by Crippen LogP contribution is 2.36. The van der Waals surface area contributed by atoms with Crippen LogP contribution in [-0.2, 0) is 20.7 Å². The van der Waals surface area contributed by atoms with Crippen LogP contribution in [0.25, 0.3) is 0 Å². The lowest BCUT2D eigenvalue weighted by molar-refractivity contribution is -0.668. The van der Waals surface area contributed by atoms with E-state index < -0.39 is 17.2 Å². The number of rotatable bonds is 4. The zero-order chi connectivity index (χ0) is 17.0. The maximum atomic E-state index is 12.8. The van der Waals surface area contributed by atoms with Gasteiger partial charge in [-0.25, -0.2) is 4.79 Å². The zero-order valence-corrected chi connectivity index (χ0v) is 13.9. The third-order valence-electron chi connectivity index (χ3n) is 4.83. The second-order valence-electron chi connectivity index (χ2n) is 6.55. The van der Waals surface area contributed by atoms with Gasteiger partial charge in [0, 0.05) is 12.8 Å². The standard InChI is InChI=1S/C20H23NO3/c1-19(23,16-8-4-2-5-9-16)18(22)24-20(12-14-21-15-13-20)17-10-6-3-7-11-17/h2-11,21,23H,12-15H2,1H3/p+1. The van der Waals surface area contributed by atoms with Gasteiger partial charge >= 0.3 is 5.97 Å². The van der Waals surface area contributed by atoms with Crippen molar-refractivity contribution >= 4 is 5.97 Å². The van der Waals surface area contributed by atoms with E-state index >= 15 is 0 Å². The van der Waals surface area contributed by atoms with Crippen LogP contribution >= 0.6 is 0 Å². The summed E-state index contributed by atoms with van der Waals surface area (Å²) in [7, 11) is 0. The molecule has 2 aromatic rings. The lowest BCUT2D eigenvalue weighted by Gasteiger charge is -2.38. The van der Waals surface area contributed by atoms with Gasteiger partial charge in [-0.2, -0.15) is 0 Å². The molecule has 0 aliphatic carbocycles. The third-order valence-corrected chi connectivity index (χ3v) is 4.83. The van der Waals surface area contributed by atoms with Crippen molar-refractivity contribution in [1.82, 2.24) is 0 Å². The van der Waals surface area contributed by atoms with Gasteiger partial charge in [0.25, 0.3) is 0 Å². The molecule has 1 aliphatic rings. The summed E-state index contributed by atoms with van der Waals surface area (Å²) in [5.74, 6) is -0.598. The predicted octanol–water partition coefficient (Wildman–Crippen LogP) is 1.69. The maximum Gasteiger partial charge on any atom is 0.343 e. The Balaban J connectivity index is 1.89. The van der Waals surface area contributed by atoms with Crippen molar-refractivity contribution in [3.05, 3.63) is 71.8 Å². The first-order valence-corrected chi connectivity index (χ1v) is 8.43. The Labute approximate surface area is 142 Å².